The van der Waals surface area contributed by atoms with Crippen LogP contribution >= 0.6 is 11.3 Å². The number of nitrogens with zero attached hydrogens (tertiary/aromatic N) is 3. The number of carbonyl (C=O) groups excluding carboxylic acids is 1. The standard InChI is InChI=1S/C26H27N5OS/c32-25(31-12-1-13-31)9-4-17-2-5-18(6-3-17)23-15-20-21(10-11-27-26(20)30-23)29-19-7-8-22-24(14-19)33-16-28-22/h5,7-8,10-11,14-17H,1-4,6,9,12-13H2,(H2,27,29,30). The highest BCUT2D eigenvalue weighted by molar-refractivity contribution is 7.16. The number of aromatic nitrogens is 3. The smallest absolute Gasteiger partial charge is 0.222 e. The number of thiazole rings is 1. The predicted molar refractivity (Wildman–Crippen MR) is 135 cm³/mol. The Balaban J connectivity index is 1.16. The van der Waals surface area contributed by atoms with Gasteiger partial charge in [0.05, 0.1) is 21.4 Å². The van der Waals surface area contributed by atoms with Crippen LogP contribution in [-0.2, 0) is 4.79 Å². The lowest BCUT2D eigenvalue weighted by molar-refractivity contribution is -0.134. The molecule has 6 nitrogen and oxygen atoms in total. The fourth-order valence-electron chi connectivity index (χ4n) is 4.84. The van der Waals surface area contributed by atoms with Gasteiger partial charge in [-0.05, 0) is 73.9 Å². The molecule has 1 atom stereocenters. The first kappa shape index (κ1) is 20.4. The van der Waals surface area contributed by atoms with Gasteiger partial charge in [0.25, 0.3) is 0 Å². The normalized spacial score (nSPS) is 18.4. The second-order valence-corrected chi connectivity index (χ2v) is 9.99. The molecule has 33 heavy (non-hydrogen) atoms. The van der Waals surface area contributed by atoms with E-state index < -0.39 is 0 Å². The molecule has 2 N–H and O–H groups in total. The van der Waals surface area contributed by atoms with Gasteiger partial charge in [-0.3, -0.25) is 4.79 Å². The van der Waals surface area contributed by atoms with Crippen molar-refractivity contribution >= 4 is 55.4 Å². The van der Waals surface area contributed by atoms with Gasteiger partial charge in [0.15, 0.2) is 0 Å². The quantitative estimate of drug-likeness (QED) is 0.366. The van der Waals surface area contributed by atoms with Gasteiger partial charge in [0.1, 0.15) is 5.65 Å². The van der Waals surface area contributed by atoms with Crippen LogP contribution in [0.15, 0.2) is 48.1 Å². The number of allylic oxidation sites excluding steroid dienone is 2. The molecule has 1 amide bonds. The van der Waals surface area contributed by atoms with Crippen LogP contribution in [0.4, 0.5) is 11.4 Å². The molecule has 1 saturated heterocycles. The number of nitrogens with one attached hydrogen (secondary N) is 2. The fourth-order valence-corrected chi connectivity index (χ4v) is 5.56. The van der Waals surface area contributed by atoms with Crippen molar-refractivity contribution in [3.8, 4) is 0 Å². The molecule has 1 aliphatic heterocycles. The Morgan fingerprint density at radius 1 is 1.21 bits per heavy atom. The molecule has 0 spiro atoms. The number of carbonyl (C=O) groups is 1. The Bertz CT molecular complexity index is 1350. The van der Waals surface area contributed by atoms with Crippen LogP contribution in [0.2, 0.25) is 0 Å². The summed E-state index contributed by atoms with van der Waals surface area (Å²) in [6.45, 7) is 1.91. The molecule has 0 bridgehead atoms. The number of pyridine rings is 1. The molecule has 168 valence electrons. The van der Waals surface area contributed by atoms with Crippen LogP contribution in [0, 0.1) is 5.92 Å². The van der Waals surface area contributed by atoms with Crippen molar-refractivity contribution in [3.63, 3.8) is 0 Å². The van der Waals surface area contributed by atoms with Gasteiger partial charge < -0.3 is 15.2 Å². The number of amides is 1. The minimum Gasteiger partial charge on any atom is -0.355 e. The summed E-state index contributed by atoms with van der Waals surface area (Å²) in [5, 5.41) is 4.66. The zero-order valence-electron chi connectivity index (χ0n) is 18.5. The number of aromatic amines is 1. The summed E-state index contributed by atoms with van der Waals surface area (Å²) >= 11 is 1.65. The third kappa shape index (κ3) is 4.13. The molecule has 0 saturated carbocycles. The number of likely N-dealkylation sites (tertiary alicyclic amines) is 1. The Kier molecular flexibility index (Phi) is 5.34. The Morgan fingerprint density at radius 3 is 2.97 bits per heavy atom. The van der Waals surface area contributed by atoms with Crippen molar-refractivity contribution in [3.05, 3.63) is 53.8 Å². The summed E-state index contributed by atoms with van der Waals surface area (Å²) < 4.78 is 1.17. The van der Waals surface area contributed by atoms with E-state index in [9.17, 15) is 4.79 Å². The van der Waals surface area contributed by atoms with Crippen molar-refractivity contribution in [2.75, 3.05) is 18.4 Å². The number of benzene rings is 1. The first-order valence-electron chi connectivity index (χ1n) is 11.8. The van der Waals surface area contributed by atoms with Gasteiger partial charge in [-0.1, -0.05) is 6.08 Å². The van der Waals surface area contributed by atoms with Crippen LogP contribution < -0.4 is 5.32 Å². The number of H-pyrrole nitrogens is 1. The van der Waals surface area contributed by atoms with Crippen molar-refractivity contribution in [1.29, 1.82) is 0 Å². The van der Waals surface area contributed by atoms with Gasteiger partial charge in [-0.25, -0.2) is 9.97 Å². The van der Waals surface area contributed by atoms with Crippen molar-refractivity contribution in [2.45, 2.75) is 38.5 Å². The van der Waals surface area contributed by atoms with Crippen molar-refractivity contribution in [2.24, 2.45) is 5.92 Å². The number of hydrogen-bond donors (Lipinski definition) is 2. The summed E-state index contributed by atoms with van der Waals surface area (Å²) in [5.74, 6) is 0.951. The van der Waals surface area contributed by atoms with Gasteiger partial charge in [-0.15, -0.1) is 11.3 Å². The molecule has 2 aliphatic rings. The van der Waals surface area contributed by atoms with E-state index >= 15 is 0 Å². The molecule has 1 aliphatic carbocycles. The maximum Gasteiger partial charge on any atom is 0.222 e. The van der Waals surface area contributed by atoms with Crippen LogP contribution in [0.5, 0.6) is 0 Å². The first-order valence-corrected chi connectivity index (χ1v) is 12.7. The third-order valence-corrected chi connectivity index (χ3v) is 7.77. The minimum absolute atomic E-state index is 0.340. The molecule has 1 aromatic carbocycles. The SMILES string of the molecule is O=C(CCC1CC=C(c2cc3c(Nc4ccc5ncsc5c4)ccnc3[nH]2)CC1)N1CCC1. The Labute approximate surface area is 196 Å². The number of hydrogen-bond acceptors (Lipinski definition) is 5. The molecule has 0 radical (unpaired) electrons. The van der Waals surface area contributed by atoms with Crippen LogP contribution in [0.25, 0.3) is 26.8 Å². The van der Waals surface area contributed by atoms with Gasteiger partial charge in [-0.2, -0.15) is 0 Å². The fraction of sp³-hybridized carbons (Fsp3) is 0.346. The van der Waals surface area contributed by atoms with Crippen molar-refractivity contribution < 1.29 is 4.79 Å². The zero-order valence-corrected chi connectivity index (χ0v) is 19.3. The second kappa shape index (κ2) is 8.63. The molecule has 7 heteroatoms. The summed E-state index contributed by atoms with van der Waals surface area (Å²) in [6, 6.07) is 10.5. The second-order valence-electron chi connectivity index (χ2n) is 9.11. The van der Waals surface area contributed by atoms with E-state index in [1.54, 1.807) is 11.3 Å². The molecule has 1 fully saturated rings. The Morgan fingerprint density at radius 2 is 2.15 bits per heavy atom. The zero-order chi connectivity index (χ0) is 22.2. The summed E-state index contributed by atoms with van der Waals surface area (Å²) in [6.07, 6.45) is 10.3. The average Bonchev–Trinajstić information content (AvgIpc) is 3.44. The highest BCUT2D eigenvalue weighted by Crippen LogP contribution is 2.35. The van der Waals surface area contributed by atoms with Crippen molar-refractivity contribution in [1.82, 2.24) is 19.9 Å². The molecule has 4 aromatic rings. The maximum atomic E-state index is 12.2. The van der Waals surface area contributed by atoms with E-state index in [2.05, 4.69) is 50.6 Å². The van der Waals surface area contributed by atoms with Gasteiger partial charge in [0.2, 0.25) is 5.91 Å². The minimum atomic E-state index is 0.340. The van der Waals surface area contributed by atoms with Crippen LogP contribution in [0.1, 0.15) is 44.2 Å². The number of anilines is 2. The highest BCUT2D eigenvalue weighted by atomic mass is 32.1. The van der Waals surface area contributed by atoms with Crippen LogP contribution in [-0.4, -0.2) is 38.8 Å². The summed E-state index contributed by atoms with van der Waals surface area (Å²) in [4.78, 5) is 26.6. The molecular formula is C26H27N5OS. The molecular weight excluding hydrogens is 430 g/mol. The van der Waals surface area contributed by atoms with Gasteiger partial charge >= 0.3 is 0 Å². The van der Waals surface area contributed by atoms with Gasteiger partial charge in [0, 0.05) is 42.5 Å². The van der Waals surface area contributed by atoms with E-state index in [4.69, 9.17) is 0 Å². The summed E-state index contributed by atoms with van der Waals surface area (Å²) in [5.41, 5.74) is 8.41. The lowest BCUT2D eigenvalue weighted by Crippen LogP contribution is -2.42. The highest BCUT2D eigenvalue weighted by Gasteiger charge is 2.22. The van der Waals surface area contributed by atoms with E-state index in [0.717, 1.165) is 72.4 Å². The molecule has 3 aromatic heterocycles. The molecule has 4 heterocycles. The first-order chi connectivity index (χ1) is 16.2. The lowest BCUT2D eigenvalue weighted by atomic mass is 9.85. The van der Waals surface area contributed by atoms with E-state index in [0.29, 0.717) is 18.2 Å². The average molecular weight is 458 g/mol. The lowest BCUT2D eigenvalue weighted by Gasteiger charge is -2.31. The summed E-state index contributed by atoms with van der Waals surface area (Å²) in [7, 11) is 0. The van der Waals surface area contributed by atoms with Crippen LogP contribution in [0.3, 0.4) is 0 Å². The number of rotatable bonds is 6. The molecule has 1 unspecified atom stereocenters. The largest absolute Gasteiger partial charge is 0.355 e. The monoisotopic (exact) mass is 457 g/mol. The Hall–Kier alpha value is -3.19. The topological polar surface area (TPSA) is 73.9 Å². The van der Waals surface area contributed by atoms with E-state index in [1.807, 2.05) is 22.7 Å². The third-order valence-electron chi connectivity index (χ3n) is 6.98. The van der Waals surface area contributed by atoms with E-state index in [-0.39, 0.29) is 0 Å². The maximum absolute atomic E-state index is 12.2. The number of fused-ring (bicyclic) bond motifs is 2. The predicted octanol–water partition coefficient (Wildman–Crippen LogP) is 6.11. The van der Waals surface area contributed by atoms with E-state index in [1.165, 1.54) is 16.7 Å². The molecule has 6 rings (SSSR count).